The summed E-state index contributed by atoms with van der Waals surface area (Å²) in [4.78, 5) is 39.1. The van der Waals surface area contributed by atoms with Gasteiger partial charge < -0.3 is 15.1 Å². The summed E-state index contributed by atoms with van der Waals surface area (Å²) in [5, 5.41) is 13.9. The summed E-state index contributed by atoms with van der Waals surface area (Å²) in [5.74, 6) is 1.28. The largest absolute Gasteiger partial charge is 0.370 e. The van der Waals surface area contributed by atoms with E-state index in [9.17, 15) is 14.9 Å². The molecule has 1 saturated heterocycles. The second-order valence-electron chi connectivity index (χ2n) is 6.21. The highest BCUT2D eigenvalue weighted by atomic mass is 16.6. The van der Waals surface area contributed by atoms with Crippen LogP contribution in [0.5, 0.6) is 0 Å². The van der Waals surface area contributed by atoms with Crippen LogP contribution in [0, 0.1) is 17.0 Å². The number of carbonyl (C=O) groups is 1. The van der Waals surface area contributed by atoms with Crippen molar-refractivity contribution >= 4 is 23.4 Å². The smallest absolute Gasteiger partial charge is 0.290 e. The average molecular weight is 371 g/mol. The summed E-state index contributed by atoms with van der Waals surface area (Å²) in [6.45, 7) is 4.74. The first-order valence-corrected chi connectivity index (χ1v) is 8.69. The van der Waals surface area contributed by atoms with E-state index >= 15 is 0 Å². The van der Waals surface area contributed by atoms with E-state index in [4.69, 9.17) is 0 Å². The van der Waals surface area contributed by atoms with Crippen LogP contribution < -0.4 is 10.2 Å². The van der Waals surface area contributed by atoms with Gasteiger partial charge in [-0.25, -0.2) is 15.0 Å². The Morgan fingerprint density at radius 3 is 2.56 bits per heavy atom. The fourth-order valence-corrected chi connectivity index (χ4v) is 2.90. The molecule has 0 unspecified atom stereocenters. The lowest BCUT2D eigenvalue weighted by molar-refractivity contribution is -0.385. The molecule has 10 heteroatoms. The highest BCUT2D eigenvalue weighted by Crippen LogP contribution is 2.18. The predicted octanol–water partition coefficient (Wildman–Crippen LogP) is 1.24. The molecule has 27 heavy (non-hydrogen) atoms. The number of hydrogen-bond donors (Lipinski definition) is 1. The zero-order valence-corrected chi connectivity index (χ0v) is 15.0. The zero-order valence-electron chi connectivity index (χ0n) is 15.0. The lowest BCUT2D eigenvalue weighted by Crippen LogP contribution is -2.49. The molecule has 1 aliphatic heterocycles. The summed E-state index contributed by atoms with van der Waals surface area (Å²) < 4.78 is 0. The van der Waals surface area contributed by atoms with Gasteiger partial charge in [-0.3, -0.25) is 14.9 Å². The third-order valence-corrected chi connectivity index (χ3v) is 4.39. The fraction of sp³-hybridized carbons (Fsp3) is 0.412. The first-order chi connectivity index (χ1) is 13.0. The molecule has 3 rings (SSSR count). The van der Waals surface area contributed by atoms with Gasteiger partial charge in [0.15, 0.2) is 0 Å². The molecule has 3 heterocycles. The number of anilines is 2. The van der Waals surface area contributed by atoms with Crippen LogP contribution in [-0.4, -0.2) is 63.4 Å². The number of piperazine rings is 1. The molecule has 1 aliphatic rings. The van der Waals surface area contributed by atoms with Crippen LogP contribution in [-0.2, 0) is 4.79 Å². The van der Waals surface area contributed by atoms with Crippen LogP contribution in [0.15, 0.2) is 30.7 Å². The van der Waals surface area contributed by atoms with Crippen molar-refractivity contribution in [2.45, 2.75) is 13.3 Å². The standard InChI is InChI=1S/C17H21N7O3/c1-13-11-15(21-12-14(13)24(26)27)18-6-3-16(25)22-7-9-23(10-8-22)17-19-4-2-5-20-17/h2,4-5,11-12H,3,6-10H2,1H3,(H,18,21). The third kappa shape index (κ3) is 4.66. The maximum Gasteiger partial charge on any atom is 0.290 e. The van der Waals surface area contributed by atoms with E-state index in [1.807, 2.05) is 4.90 Å². The van der Waals surface area contributed by atoms with Crippen molar-refractivity contribution in [2.75, 3.05) is 42.9 Å². The molecule has 2 aromatic rings. The van der Waals surface area contributed by atoms with Crippen LogP contribution in [0.2, 0.25) is 0 Å². The first-order valence-electron chi connectivity index (χ1n) is 8.69. The minimum atomic E-state index is -0.463. The number of nitro groups is 1. The quantitative estimate of drug-likeness (QED) is 0.595. The van der Waals surface area contributed by atoms with Crippen molar-refractivity contribution in [1.82, 2.24) is 19.9 Å². The molecule has 1 fully saturated rings. The Kier molecular flexibility index (Phi) is 5.74. The van der Waals surface area contributed by atoms with Crippen molar-refractivity contribution in [2.24, 2.45) is 0 Å². The lowest BCUT2D eigenvalue weighted by atomic mass is 10.2. The zero-order chi connectivity index (χ0) is 19.2. The summed E-state index contributed by atoms with van der Waals surface area (Å²) in [6.07, 6.45) is 4.98. The van der Waals surface area contributed by atoms with Crippen molar-refractivity contribution in [3.8, 4) is 0 Å². The van der Waals surface area contributed by atoms with Gasteiger partial charge in [0.1, 0.15) is 12.0 Å². The van der Waals surface area contributed by atoms with Gasteiger partial charge in [-0.2, -0.15) is 0 Å². The summed E-state index contributed by atoms with van der Waals surface area (Å²) in [7, 11) is 0. The van der Waals surface area contributed by atoms with Gasteiger partial charge in [0.2, 0.25) is 11.9 Å². The van der Waals surface area contributed by atoms with Gasteiger partial charge in [-0.1, -0.05) is 0 Å². The highest BCUT2D eigenvalue weighted by molar-refractivity contribution is 5.77. The molecule has 0 atom stereocenters. The second kappa shape index (κ2) is 8.39. The minimum Gasteiger partial charge on any atom is -0.370 e. The summed E-state index contributed by atoms with van der Waals surface area (Å²) >= 11 is 0. The van der Waals surface area contributed by atoms with Gasteiger partial charge in [0.05, 0.1) is 4.92 Å². The molecule has 2 aromatic heterocycles. The molecule has 142 valence electrons. The third-order valence-electron chi connectivity index (χ3n) is 4.39. The molecule has 0 spiro atoms. The summed E-state index contributed by atoms with van der Waals surface area (Å²) in [5.41, 5.74) is 0.514. The number of aromatic nitrogens is 3. The normalized spacial score (nSPS) is 14.1. The molecular weight excluding hydrogens is 350 g/mol. The van der Waals surface area contributed by atoms with Crippen LogP contribution in [0.25, 0.3) is 0 Å². The maximum atomic E-state index is 12.4. The topological polar surface area (TPSA) is 117 Å². The number of rotatable bonds is 6. The van der Waals surface area contributed by atoms with E-state index in [2.05, 4.69) is 25.2 Å². The molecule has 10 nitrogen and oxygen atoms in total. The van der Waals surface area contributed by atoms with E-state index in [0.717, 1.165) is 0 Å². The number of aryl methyl sites for hydroxylation is 1. The van der Waals surface area contributed by atoms with Crippen LogP contribution in [0.4, 0.5) is 17.5 Å². The van der Waals surface area contributed by atoms with E-state index in [0.29, 0.717) is 56.5 Å². The van der Waals surface area contributed by atoms with E-state index in [-0.39, 0.29) is 11.6 Å². The van der Waals surface area contributed by atoms with Crippen LogP contribution in [0.3, 0.4) is 0 Å². The molecule has 0 radical (unpaired) electrons. The van der Waals surface area contributed by atoms with Crippen molar-refractivity contribution < 1.29 is 9.72 Å². The van der Waals surface area contributed by atoms with Crippen molar-refractivity contribution in [3.63, 3.8) is 0 Å². The highest BCUT2D eigenvalue weighted by Gasteiger charge is 2.22. The fourth-order valence-electron chi connectivity index (χ4n) is 2.90. The molecule has 0 aliphatic carbocycles. The van der Waals surface area contributed by atoms with Gasteiger partial charge in [-0.05, 0) is 19.1 Å². The number of nitrogens with zero attached hydrogens (tertiary/aromatic N) is 6. The molecular formula is C17H21N7O3. The molecule has 1 amide bonds. The van der Waals surface area contributed by atoms with Gasteiger partial charge >= 0.3 is 0 Å². The van der Waals surface area contributed by atoms with Gasteiger partial charge in [0.25, 0.3) is 5.69 Å². The van der Waals surface area contributed by atoms with Crippen LogP contribution in [0.1, 0.15) is 12.0 Å². The van der Waals surface area contributed by atoms with E-state index in [1.54, 1.807) is 31.5 Å². The Morgan fingerprint density at radius 1 is 1.22 bits per heavy atom. The number of pyridine rings is 1. The Labute approximate surface area is 156 Å². The Bertz CT molecular complexity index is 807. The van der Waals surface area contributed by atoms with E-state index < -0.39 is 4.92 Å². The van der Waals surface area contributed by atoms with Crippen LogP contribution >= 0.6 is 0 Å². The van der Waals surface area contributed by atoms with Crippen molar-refractivity contribution in [1.29, 1.82) is 0 Å². The lowest BCUT2D eigenvalue weighted by Gasteiger charge is -2.34. The number of nitrogens with one attached hydrogen (secondary N) is 1. The Morgan fingerprint density at radius 2 is 1.93 bits per heavy atom. The monoisotopic (exact) mass is 371 g/mol. The number of hydrogen-bond acceptors (Lipinski definition) is 8. The number of carbonyl (C=O) groups excluding carboxylic acids is 1. The predicted molar refractivity (Wildman–Crippen MR) is 99.6 cm³/mol. The molecule has 0 saturated carbocycles. The molecule has 0 bridgehead atoms. The molecule has 0 aromatic carbocycles. The Hall–Kier alpha value is -3.30. The van der Waals surface area contributed by atoms with Gasteiger partial charge in [0, 0.05) is 57.1 Å². The minimum absolute atomic E-state index is 0.0168. The van der Waals surface area contributed by atoms with Crippen molar-refractivity contribution in [3.05, 3.63) is 46.4 Å². The second-order valence-corrected chi connectivity index (χ2v) is 6.21. The van der Waals surface area contributed by atoms with Gasteiger partial charge in [-0.15, -0.1) is 0 Å². The average Bonchev–Trinajstić information content (AvgIpc) is 2.68. The molecule has 1 N–H and O–H groups in total. The van der Waals surface area contributed by atoms with E-state index in [1.165, 1.54) is 6.20 Å². The Balaban J connectivity index is 1.44. The first kappa shape index (κ1) is 18.5. The SMILES string of the molecule is Cc1cc(NCCC(=O)N2CCN(c3ncccn3)CC2)ncc1[N+](=O)[O-]. The maximum absolute atomic E-state index is 12.4. The summed E-state index contributed by atoms with van der Waals surface area (Å²) in [6, 6.07) is 3.39. The number of amides is 1.